The van der Waals surface area contributed by atoms with Gasteiger partial charge in [-0.3, -0.25) is 4.79 Å². The Bertz CT molecular complexity index is 843. The molecule has 0 bridgehead atoms. The summed E-state index contributed by atoms with van der Waals surface area (Å²) in [5, 5.41) is 3.34. The molecule has 0 atom stereocenters. The minimum atomic E-state index is -0.0727. The molecule has 0 saturated carbocycles. The van der Waals surface area contributed by atoms with E-state index in [1.807, 2.05) is 50.2 Å². The van der Waals surface area contributed by atoms with Gasteiger partial charge in [0, 0.05) is 0 Å². The van der Waals surface area contributed by atoms with Crippen LogP contribution in [0.5, 0.6) is 5.75 Å². The fourth-order valence-electron chi connectivity index (χ4n) is 2.40. The number of aryl methyl sites for hydroxylation is 2. The van der Waals surface area contributed by atoms with Gasteiger partial charge >= 0.3 is 0 Å². The molecular weight excluding hydrogens is 336 g/mol. The first-order valence-corrected chi connectivity index (χ1v) is 9.05. The first-order valence-electron chi connectivity index (χ1n) is 8.07. The molecule has 1 heterocycles. The molecule has 0 radical (unpaired) electrons. The van der Waals surface area contributed by atoms with Crippen molar-refractivity contribution in [3.8, 4) is 5.75 Å². The van der Waals surface area contributed by atoms with Crippen LogP contribution in [0.4, 0.5) is 0 Å². The third kappa shape index (κ3) is 4.76. The van der Waals surface area contributed by atoms with Gasteiger partial charge in [-0.25, -0.2) is 4.98 Å². The van der Waals surface area contributed by atoms with Crippen molar-refractivity contribution in [1.82, 2.24) is 10.3 Å². The van der Waals surface area contributed by atoms with Gasteiger partial charge in [0.25, 0.3) is 5.22 Å². The standard InChI is InChI=1S/C19H20N2O3S/c1-13-7-8-16(14(2)11-13)23-10-9-20-18(22)12-25-19-21-15-5-3-4-6-17(15)24-19/h3-8,11H,9-10,12H2,1-2H3,(H,20,22). The van der Waals surface area contributed by atoms with Gasteiger partial charge in [-0.05, 0) is 37.6 Å². The zero-order chi connectivity index (χ0) is 17.6. The van der Waals surface area contributed by atoms with E-state index in [0.717, 1.165) is 22.4 Å². The summed E-state index contributed by atoms with van der Waals surface area (Å²) in [5.74, 6) is 1.04. The van der Waals surface area contributed by atoms with Crippen LogP contribution < -0.4 is 10.1 Å². The topological polar surface area (TPSA) is 64.4 Å². The minimum absolute atomic E-state index is 0.0727. The molecule has 0 fully saturated rings. The molecule has 0 aliphatic carbocycles. The van der Waals surface area contributed by atoms with Gasteiger partial charge in [0.15, 0.2) is 5.58 Å². The van der Waals surface area contributed by atoms with Crippen LogP contribution >= 0.6 is 11.8 Å². The number of fused-ring (bicyclic) bond motifs is 1. The summed E-state index contributed by atoms with van der Waals surface area (Å²) >= 11 is 1.28. The highest BCUT2D eigenvalue weighted by atomic mass is 32.2. The van der Waals surface area contributed by atoms with Crippen LogP contribution in [0.25, 0.3) is 11.1 Å². The normalized spacial score (nSPS) is 10.8. The second-order valence-corrected chi connectivity index (χ2v) is 6.63. The maximum Gasteiger partial charge on any atom is 0.257 e. The summed E-state index contributed by atoms with van der Waals surface area (Å²) in [7, 11) is 0. The van der Waals surface area contributed by atoms with Crippen LogP contribution in [0.2, 0.25) is 0 Å². The first-order chi connectivity index (χ1) is 12.1. The lowest BCUT2D eigenvalue weighted by Crippen LogP contribution is -2.29. The average molecular weight is 356 g/mol. The number of thioether (sulfide) groups is 1. The number of nitrogens with one attached hydrogen (secondary N) is 1. The molecule has 0 unspecified atom stereocenters. The van der Waals surface area contributed by atoms with Crippen molar-refractivity contribution in [3.63, 3.8) is 0 Å². The van der Waals surface area contributed by atoms with E-state index in [-0.39, 0.29) is 11.7 Å². The van der Waals surface area contributed by atoms with Crippen LogP contribution in [0.3, 0.4) is 0 Å². The molecule has 0 aliphatic heterocycles. The van der Waals surface area contributed by atoms with Crippen LogP contribution in [0, 0.1) is 13.8 Å². The SMILES string of the molecule is Cc1ccc(OCCNC(=O)CSc2nc3ccccc3o2)c(C)c1. The largest absolute Gasteiger partial charge is 0.491 e. The number of nitrogens with zero attached hydrogens (tertiary/aromatic N) is 1. The molecule has 1 N–H and O–H groups in total. The molecule has 0 saturated heterocycles. The van der Waals surface area contributed by atoms with Crippen molar-refractivity contribution >= 4 is 28.8 Å². The summed E-state index contributed by atoms with van der Waals surface area (Å²) in [5.41, 5.74) is 3.83. The maximum atomic E-state index is 11.9. The Kier molecular flexibility index (Phi) is 5.60. The molecule has 2 aromatic carbocycles. The van der Waals surface area contributed by atoms with E-state index in [1.165, 1.54) is 17.3 Å². The molecular formula is C19H20N2O3S. The lowest BCUT2D eigenvalue weighted by Gasteiger charge is -2.10. The highest BCUT2D eigenvalue weighted by Gasteiger charge is 2.09. The molecule has 3 aromatic rings. The number of carbonyl (C=O) groups excluding carboxylic acids is 1. The van der Waals surface area contributed by atoms with Crippen molar-refractivity contribution in [2.75, 3.05) is 18.9 Å². The van der Waals surface area contributed by atoms with Crippen molar-refractivity contribution < 1.29 is 13.9 Å². The predicted molar refractivity (Wildman–Crippen MR) is 99.2 cm³/mol. The van der Waals surface area contributed by atoms with Crippen molar-refractivity contribution in [1.29, 1.82) is 0 Å². The number of rotatable bonds is 7. The molecule has 0 spiro atoms. The fraction of sp³-hybridized carbons (Fsp3) is 0.263. The third-order valence-electron chi connectivity index (χ3n) is 3.61. The molecule has 0 aliphatic rings. The van der Waals surface area contributed by atoms with E-state index in [1.54, 1.807) is 0 Å². The zero-order valence-electron chi connectivity index (χ0n) is 14.2. The van der Waals surface area contributed by atoms with E-state index in [4.69, 9.17) is 9.15 Å². The van der Waals surface area contributed by atoms with E-state index in [0.29, 0.717) is 18.4 Å². The molecule has 5 nitrogen and oxygen atoms in total. The number of hydrogen-bond acceptors (Lipinski definition) is 5. The molecule has 1 amide bonds. The highest BCUT2D eigenvalue weighted by Crippen LogP contribution is 2.22. The van der Waals surface area contributed by atoms with Crippen molar-refractivity contribution in [3.05, 3.63) is 53.6 Å². The Labute approximate surface area is 150 Å². The summed E-state index contributed by atoms with van der Waals surface area (Å²) < 4.78 is 11.3. The van der Waals surface area contributed by atoms with Gasteiger partial charge in [-0.15, -0.1) is 0 Å². The van der Waals surface area contributed by atoms with E-state index >= 15 is 0 Å². The maximum absolute atomic E-state index is 11.9. The van der Waals surface area contributed by atoms with Crippen molar-refractivity contribution in [2.45, 2.75) is 19.1 Å². The Balaban J connectivity index is 1.39. The summed E-state index contributed by atoms with van der Waals surface area (Å²) in [6.07, 6.45) is 0. The zero-order valence-corrected chi connectivity index (χ0v) is 15.1. The lowest BCUT2D eigenvalue weighted by molar-refractivity contribution is -0.118. The van der Waals surface area contributed by atoms with Gasteiger partial charge in [0.05, 0.1) is 12.3 Å². The van der Waals surface area contributed by atoms with Crippen molar-refractivity contribution in [2.24, 2.45) is 0 Å². The fourth-order valence-corrected chi connectivity index (χ4v) is 3.07. The number of para-hydroxylation sites is 2. The Morgan fingerprint density at radius 1 is 1.24 bits per heavy atom. The number of ether oxygens (including phenoxy) is 1. The van der Waals surface area contributed by atoms with Crippen LogP contribution in [-0.2, 0) is 4.79 Å². The number of hydrogen-bond donors (Lipinski definition) is 1. The molecule has 130 valence electrons. The number of amides is 1. The average Bonchev–Trinajstić information content (AvgIpc) is 3.01. The summed E-state index contributed by atoms with van der Waals surface area (Å²) in [6.45, 7) is 4.95. The lowest BCUT2D eigenvalue weighted by atomic mass is 10.1. The van der Waals surface area contributed by atoms with E-state index in [9.17, 15) is 4.79 Å². The van der Waals surface area contributed by atoms with Crippen LogP contribution in [-0.4, -0.2) is 29.8 Å². The van der Waals surface area contributed by atoms with E-state index < -0.39 is 0 Å². The van der Waals surface area contributed by atoms with Gasteiger partial charge in [0.2, 0.25) is 5.91 Å². The summed E-state index contributed by atoms with van der Waals surface area (Å²) in [6, 6.07) is 13.6. The van der Waals surface area contributed by atoms with Crippen LogP contribution in [0.15, 0.2) is 52.1 Å². The quantitative estimate of drug-likeness (QED) is 0.516. The molecule has 6 heteroatoms. The Morgan fingerprint density at radius 2 is 2.08 bits per heavy atom. The second kappa shape index (κ2) is 8.07. The van der Waals surface area contributed by atoms with Crippen LogP contribution in [0.1, 0.15) is 11.1 Å². The van der Waals surface area contributed by atoms with Gasteiger partial charge in [0.1, 0.15) is 17.9 Å². The Hall–Kier alpha value is -2.47. The minimum Gasteiger partial charge on any atom is -0.491 e. The van der Waals surface area contributed by atoms with Gasteiger partial charge in [-0.2, -0.15) is 0 Å². The third-order valence-corrected chi connectivity index (χ3v) is 4.44. The molecule has 3 rings (SSSR count). The van der Waals surface area contributed by atoms with E-state index in [2.05, 4.69) is 16.4 Å². The molecule has 1 aromatic heterocycles. The predicted octanol–water partition coefficient (Wildman–Crippen LogP) is 3.73. The number of oxazole rings is 1. The second-order valence-electron chi connectivity index (χ2n) is 5.70. The number of carbonyl (C=O) groups is 1. The monoisotopic (exact) mass is 356 g/mol. The smallest absolute Gasteiger partial charge is 0.257 e. The number of aromatic nitrogens is 1. The number of benzene rings is 2. The summed E-state index contributed by atoms with van der Waals surface area (Å²) in [4.78, 5) is 16.2. The Morgan fingerprint density at radius 3 is 2.88 bits per heavy atom. The first kappa shape index (κ1) is 17.4. The van der Waals surface area contributed by atoms with Gasteiger partial charge in [-0.1, -0.05) is 41.6 Å². The van der Waals surface area contributed by atoms with Gasteiger partial charge < -0.3 is 14.5 Å². The molecule has 25 heavy (non-hydrogen) atoms. The highest BCUT2D eigenvalue weighted by molar-refractivity contribution is 7.99.